The molecule has 0 N–H and O–H groups in total. The fraction of sp³-hybridized carbons (Fsp3) is 0.250. The Morgan fingerprint density at radius 3 is 2.79 bits per heavy atom. The summed E-state index contributed by atoms with van der Waals surface area (Å²) in [6.07, 6.45) is 0. The first-order valence-corrected chi connectivity index (χ1v) is 8.96. The van der Waals surface area contributed by atoms with E-state index in [9.17, 15) is 4.79 Å². The van der Waals surface area contributed by atoms with Crippen LogP contribution in [0.25, 0.3) is 5.78 Å². The maximum Gasteiger partial charge on any atom is 0.253 e. The number of ketones is 1. The maximum absolute atomic E-state index is 12.3. The summed E-state index contributed by atoms with van der Waals surface area (Å²) in [6.45, 7) is 3.87. The van der Waals surface area contributed by atoms with Crippen molar-refractivity contribution in [2.45, 2.75) is 19.0 Å². The zero-order valence-corrected chi connectivity index (χ0v) is 15.8. The molecule has 2 heterocycles. The second-order valence-electron chi connectivity index (χ2n) is 5.21. The third-order valence-electron chi connectivity index (χ3n) is 3.40. The standard InChI is InChI=1S/C16H15BrN4O2S/c1-9-6-10(2)21-15(18-9)19-16(20-21)24-8-13(22)11-4-5-14(23-3)12(17)7-11/h4-7H,8H2,1-3H3. The summed E-state index contributed by atoms with van der Waals surface area (Å²) in [5, 5.41) is 4.93. The highest BCUT2D eigenvalue weighted by Gasteiger charge is 2.13. The summed E-state index contributed by atoms with van der Waals surface area (Å²) in [5.74, 6) is 1.50. The second kappa shape index (κ2) is 6.90. The molecule has 0 aliphatic heterocycles. The average molecular weight is 407 g/mol. The van der Waals surface area contributed by atoms with Gasteiger partial charge in [0.15, 0.2) is 5.78 Å². The lowest BCUT2D eigenvalue weighted by molar-refractivity contribution is 0.102. The minimum absolute atomic E-state index is 0.00284. The van der Waals surface area contributed by atoms with Crippen LogP contribution in [-0.2, 0) is 0 Å². The van der Waals surface area contributed by atoms with Gasteiger partial charge in [0.25, 0.3) is 5.78 Å². The minimum Gasteiger partial charge on any atom is -0.496 e. The van der Waals surface area contributed by atoms with Crippen LogP contribution in [0.5, 0.6) is 5.75 Å². The number of thioether (sulfide) groups is 1. The van der Waals surface area contributed by atoms with Crippen molar-refractivity contribution >= 4 is 39.3 Å². The van der Waals surface area contributed by atoms with E-state index in [1.165, 1.54) is 11.8 Å². The zero-order chi connectivity index (χ0) is 17.3. The van der Waals surface area contributed by atoms with Crippen LogP contribution >= 0.6 is 27.7 Å². The van der Waals surface area contributed by atoms with Crippen LogP contribution in [0.3, 0.4) is 0 Å². The number of aryl methyl sites for hydroxylation is 2. The quantitative estimate of drug-likeness (QED) is 0.477. The van der Waals surface area contributed by atoms with Crippen LogP contribution in [-0.4, -0.2) is 38.2 Å². The highest BCUT2D eigenvalue weighted by atomic mass is 79.9. The lowest BCUT2D eigenvalue weighted by Crippen LogP contribution is -2.03. The molecule has 0 aliphatic carbocycles. The maximum atomic E-state index is 12.3. The van der Waals surface area contributed by atoms with Crippen LogP contribution < -0.4 is 4.74 Å². The fourth-order valence-corrected chi connectivity index (χ4v) is 3.52. The number of carbonyl (C=O) groups is 1. The van der Waals surface area contributed by atoms with E-state index in [4.69, 9.17) is 4.74 Å². The second-order valence-corrected chi connectivity index (χ2v) is 7.00. The number of fused-ring (bicyclic) bond motifs is 1. The SMILES string of the molecule is COc1ccc(C(=O)CSc2nc3nc(C)cc(C)n3n2)cc1Br. The molecule has 0 fully saturated rings. The Hall–Kier alpha value is -1.93. The van der Waals surface area contributed by atoms with Crippen molar-refractivity contribution in [3.8, 4) is 5.75 Å². The summed E-state index contributed by atoms with van der Waals surface area (Å²) >= 11 is 4.69. The first-order valence-electron chi connectivity index (χ1n) is 7.18. The van der Waals surface area contributed by atoms with E-state index < -0.39 is 0 Å². The van der Waals surface area contributed by atoms with Gasteiger partial charge in [-0.05, 0) is 54.0 Å². The normalized spacial score (nSPS) is 11.0. The molecule has 0 unspecified atom stereocenters. The Morgan fingerprint density at radius 2 is 2.08 bits per heavy atom. The number of halogens is 1. The molecule has 2 aromatic heterocycles. The predicted octanol–water partition coefficient (Wildman–Crippen LogP) is 3.49. The van der Waals surface area contributed by atoms with Crippen molar-refractivity contribution in [2.75, 3.05) is 12.9 Å². The van der Waals surface area contributed by atoms with Gasteiger partial charge in [0.2, 0.25) is 5.16 Å². The number of carbonyl (C=O) groups excluding carboxylic acids is 1. The summed E-state index contributed by atoms with van der Waals surface area (Å²) in [5.41, 5.74) is 2.47. The van der Waals surface area contributed by atoms with Crippen LogP contribution in [0, 0.1) is 13.8 Å². The lowest BCUT2D eigenvalue weighted by atomic mass is 10.1. The number of nitrogens with zero attached hydrogens (tertiary/aromatic N) is 4. The molecule has 124 valence electrons. The Bertz CT molecular complexity index is 926. The molecule has 0 atom stereocenters. The van der Waals surface area contributed by atoms with Gasteiger partial charge in [0.1, 0.15) is 5.75 Å². The van der Waals surface area contributed by atoms with Gasteiger partial charge >= 0.3 is 0 Å². The van der Waals surface area contributed by atoms with Crippen molar-refractivity contribution in [1.82, 2.24) is 19.6 Å². The first kappa shape index (κ1) is 16.9. The van der Waals surface area contributed by atoms with Gasteiger partial charge in [-0.15, -0.1) is 5.10 Å². The van der Waals surface area contributed by atoms with E-state index in [0.717, 1.165) is 15.9 Å². The van der Waals surface area contributed by atoms with Gasteiger partial charge < -0.3 is 4.74 Å². The third kappa shape index (κ3) is 3.44. The summed E-state index contributed by atoms with van der Waals surface area (Å²) in [7, 11) is 1.59. The van der Waals surface area contributed by atoms with Gasteiger partial charge in [0, 0.05) is 17.0 Å². The number of benzene rings is 1. The van der Waals surface area contributed by atoms with Crippen LogP contribution in [0.2, 0.25) is 0 Å². The molecule has 0 aliphatic rings. The van der Waals surface area contributed by atoms with Crippen molar-refractivity contribution in [3.05, 3.63) is 45.7 Å². The molecule has 6 nitrogen and oxygen atoms in total. The van der Waals surface area contributed by atoms with Gasteiger partial charge in [-0.25, -0.2) is 9.50 Å². The number of ether oxygens (including phenoxy) is 1. The molecule has 8 heteroatoms. The first-order chi connectivity index (χ1) is 11.5. The molecule has 0 saturated carbocycles. The van der Waals surface area contributed by atoms with Crippen LogP contribution in [0.4, 0.5) is 0 Å². The third-order valence-corrected chi connectivity index (χ3v) is 4.86. The Morgan fingerprint density at radius 1 is 1.29 bits per heavy atom. The van der Waals surface area contributed by atoms with Crippen molar-refractivity contribution < 1.29 is 9.53 Å². The number of hydrogen-bond donors (Lipinski definition) is 0. The number of methoxy groups -OCH3 is 1. The molecule has 1 aromatic carbocycles. The number of rotatable bonds is 5. The molecule has 3 rings (SSSR count). The molecular formula is C16H15BrN4O2S. The minimum atomic E-state index is 0.00284. The smallest absolute Gasteiger partial charge is 0.253 e. The van der Waals surface area contributed by atoms with Crippen molar-refractivity contribution in [2.24, 2.45) is 0 Å². The summed E-state index contributed by atoms with van der Waals surface area (Å²) in [6, 6.07) is 7.21. The Labute approximate surface area is 151 Å². The molecule has 0 saturated heterocycles. The largest absolute Gasteiger partial charge is 0.496 e. The van der Waals surface area contributed by atoms with Gasteiger partial charge in [0.05, 0.1) is 17.3 Å². The predicted molar refractivity (Wildman–Crippen MR) is 96.0 cm³/mol. The highest BCUT2D eigenvalue weighted by molar-refractivity contribution is 9.10. The Kier molecular flexibility index (Phi) is 4.86. The molecule has 0 radical (unpaired) electrons. The van der Waals surface area contributed by atoms with E-state index in [1.54, 1.807) is 29.8 Å². The fourth-order valence-electron chi connectivity index (χ4n) is 2.26. The number of hydrogen-bond acceptors (Lipinski definition) is 6. The van der Waals surface area contributed by atoms with Gasteiger partial charge in [-0.2, -0.15) is 4.98 Å². The molecule has 24 heavy (non-hydrogen) atoms. The summed E-state index contributed by atoms with van der Waals surface area (Å²) < 4.78 is 7.61. The topological polar surface area (TPSA) is 69.4 Å². The van der Waals surface area contributed by atoms with Crippen molar-refractivity contribution in [3.63, 3.8) is 0 Å². The van der Waals surface area contributed by atoms with Gasteiger partial charge in [-0.3, -0.25) is 4.79 Å². The van der Waals surface area contributed by atoms with E-state index in [-0.39, 0.29) is 11.5 Å². The number of aromatic nitrogens is 4. The van der Waals surface area contributed by atoms with Crippen LogP contribution in [0.15, 0.2) is 33.9 Å². The van der Waals surface area contributed by atoms with E-state index in [0.29, 0.717) is 22.2 Å². The monoisotopic (exact) mass is 406 g/mol. The number of Topliss-reactive ketones (excluding diaryl/α,β-unsaturated/α-hetero) is 1. The van der Waals surface area contributed by atoms with Crippen molar-refractivity contribution in [1.29, 1.82) is 0 Å². The van der Waals surface area contributed by atoms with Gasteiger partial charge in [-0.1, -0.05) is 11.8 Å². The molecule has 0 amide bonds. The highest BCUT2D eigenvalue weighted by Crippen LogP contribution is 2.26. The molecule has 0 bridgehead atoms. The van der Waals surface area contributed by atoms with Crippen LogP contribution in [0.1, 0.15) is 21.7 Å². The molecular weight excluding hydrogens is 392 g/mol. The summed E-state index contributed by atoms with van der Waals surface area (Å²) in [4.78, 5) is 21.1. The van der Waals surface area contributed by atoms with E-state index in [2.05, 4.69) is 31.0 Å². The zero-order valence-electron chi connectivity index (χ0n) is 13.4. The van der Waals surface area contributed by atoms with E-state index in [1.807, 2.05) is 19.9 Å². The Balaban J connectivity index is 1.74. The van der Waals surface area contributed by atoms with E-state index >= 15 is 0 Å². The lowest BCUT2D eigenvalue weighted by Gasteiger charge is -2.05. The molecule has 3 aromatic rings. The average Bonchev–Trinajstić information content (AvgIpc) is 2.95. The molecule has 0 spiro atoms.